The zero-order valence-corrected chi connectivity index (χ0v) is 31.2. The van der Waals surface area contributed by atoms with Crippen LogP contribution in [0.5, 0.6) is 23.0 Å². The quantitative estimate of drug-likeness (QED) is 0.111. The van der Waals surface area contributed by atoms with Gasteiger partial charge in [0, 0.05) is 29.0 Å². The number of benzene rings is 4. The van der Waals surface area contributed by atoms with E-state index in [9.17, 15) is 31.5 Å². The van der Waals surface area contributed by atoms with Crippen LogP contribution in [0.1, 0.15) is 55.1 Å². The maximum Gasteiger partial charge on any atom is 0.416 e. The van der Waals surface area contributed by atoms with Gasteiger partial charge < -0.3 is 24.3 Å². The number of anilines is 1. The zero-order valence-electron chi connectivity index (χ0n) is 29.6. The lowest BCUT2D eigenvalue weighted by Gasteiger charge is -2.19. The fourth-order valence-corrected chi connectivity index (χ4v) is 5.84. The molecule has 0 aliphatic heterocycles. The van der Waals surface area contributed by atoms with E-state index in [0.717, 1.165) is 32.4 Å². The summed E-state index contributed by atoms with van der Waals surface area (Å²) in [6.07, 6.45) is -6.21. The summed E-state index contributed by atoms with van der Waals surface area (Å²) in [6.45, 7) is 3.69. The molecule has 0 atom stereocenters. The summed E-state index contributed by atoms with van der Waals surface area (Å²) in [5.74, 6) is 0.735. The molecule has 1 aromatic heterocycles. The summed E-state index contributed by atoms with van der Waals surface area (Å²) in [5.41, 5.74) is 1.85. The molecule has 0 fully saturated rings. The maximum absolute atomic E-state index is 13.4. The number of nitrogens with one attached hydrogen (secondary N) is 1. The predicted molar refractivity (Wildman–Crippen MR) is 193 cm³/mol. The van der Waals surface area contributed by atoms with Gasteiger partial charge in [-0.25, -0.2) is 8.78 Å². The Balaban J connectivity index is 0.000000238. The molecule has 15 heteroatoms. The molecular formula is C38H35BrF5N3O6. The fraction of sp³-hybridized carbons (Fsp3) is 0.237. The minimum atomic E-state index is -4.46. The van der Waals surface area contributed by atoms with Crippen LogP contribution in [0.4, 0.5) is 27.6 Å². The average molecular weight is 805 g/mol. The third-order valence-corrected chi connectivity index (χ3v) is 8.93. The van der Waals surface area contributed by atoms with Crippen molar-refractivity contribution in [3.8, 4) is 34.1 Å². The molecule has 53 heavy (non-hydrogen) atoms. The summed E-state index contributed by atoms with van der Waals surface area (Å²) in [6, 6.07) is 16.2. The number of alkyl halides is 5. The van der Waals surface area contributed by atoms with Crippen molar-refractivity contribution in [2.45, 2.75) is 26.4 Å². The monoisotopic (exact) mass is 803 g/mol. The first kappa shape index (κ1) is 40.3. The largest absolute Gasteiger partial charge is 0.496 e. The Kier molecular flexibility index (Phi) is 12.9. The number of aryl methyl sites for hydroxylation is 2. The van der Waals surface area contributed by atoms with Gasteiger partial charge in [-0.15, -0.1) is 0 Å². The number of halogens is 6. The van der Waals surface area contributed by atoms with Crippen LogP contribution >= 0.6 is 15.9 Å². The number of ketones is 1. The molecule has 0 bridgehead atoms. The highest BCUT2D eigenvalue weighted by Crippen LogP contribution is 2.44. The lowest BCUT2D eigenvalue weighted by molar-refractivity contribution is -0.137. The number of aromatic nitrogens is 2. The Morgan fingerprint density at radius 1 is 0.830 bits per heavy atom. The second kappa shape index (κ2) is 16.9. The van der Waals surface area contributed by atoms with Gasteiger partial charge in [0.05, 0.1) is 50.7 Å². The third-order valence-electron chi connectivity index (χ3n) is 8.07. The van der Waals surface area contributed by atoms with Gasteiger partial charge in [0.1, 0.15) is 11.4 Å². The summed E-state index contributed by atoms with van der Waals surface area (Å²) in [7, 11) is 7.50. The molecule has 1 N–H and O–H groups in total. The Hall–Kier alpha value is -5.44. The maximum atomic E-state index is 13.4. The van der Waals surface area contributed by atoms with E-state index in [1.165, 1.54) is 52.8 Å². The highest BCUT2D eigenvalue weighted by Gasteiger charge is 2.31. The number of nitrogens with zero attached hydrogens (tertiary/aromatic N) is 2. The average Bonchev–Trinajstić information content (AvgIpc) is 3.54. The highest BCUT2D eigenvalue weighted by atomic mass is 79.9. The van der Waals surface area contributed by atoms with Crippen LogP contribution in [-0.4, -0.2) is 49.9 Å². The molecule has 1 heterocycles. The lowest BCUT2D eigenvalue weighted by Crippen LogP contribution is -2.14. The molecular weight excluding hydrogens is 769 g/mol. The summed E-state index contributed by atoms with van der Waals surface area (Å²) < 4.78 is 87.9. The number of methoxy groups -OCH3 is 4. The Morgan fingerprint density at radius 2 is 1.45 bits per heavy atom. The SMILES string of the molecule is COc1cc(C)c(C(=O)c2c(OC)ccc(Br)c2C)c(OC)c1OC.Cn1cc(C(=O)Nc2ccccc2-c2ccc(C(F)(F)F)cc2)c(C(F)F)n1. The number of hydrogen-bond donors (Lipinski definition) is 1. The predicted octanol–water partition coefficient (Wildman–Crippen LogP) is 9.63. The standard InChI is InChI=1S/C19H21BrO5.C19H14F5N3O/c1-10-9-14(23-4)18(24-5)19(25-6)15(10)17(21)16-11(2)12(20)7-8-13(16)22-3;1-27-10-14(16(26-27)17(20)21)18(28)25-15-5-3-2-4-13(15)11-6-8-12(9-7-11)19(22,23)24/h7-9H,1-6H3;2-10,17H,1H3,(H,25,28). The van der Waals surface area contributed by atoms with Crippen LogP contribution in [-0.2, 0) is 13.2 Å². The topological polar surface area (TPSA) is 101 Å². The van der Waals surface area contributed by atoms with Crippen molar-refractivity contribution >= 4 is 33.3 Å². The van der Waals surface area contributed by atoms with Gasteiger partial charge in [0.25, 0.3) is 12.3 Å². The van der Waals surface area contributed by atoms with E-state index in [4.69, 9.17) is 18.9 Å². The first-order valence-electron chi connectivity index (χ1n) is 15.6. The molecule has 1 amide bonds. The second-order valence-electron chi connectivity index (χ2n) is 11.4. The van der Waals surface area contributed by atoms with E-state index in [2.05, 4.69) is 26.3 Å². The van der Waals surface area contributed by atoms with Gasteiger partial charge in [0.15, 0.2) is 11.5 Å². The van der Waals surface area contributed by atoms with Gasteiger partial charge >= 0.3 is 6.18 Å². The van der Waals surface area contributed by atoms with Crippen molar-refractivity contribution in [1.82, 2.24) is 9.78 Å². The van der Waals surface area contributed by atoms with E-state index in [-0.39, 0.29) is 17.0 Å². The third kappa shape index (κ3) is 8.79. The van der Waals surface area contributed by atoms with Crippen LogP contribution in [0.25, 0.3) is 11.1 Å². The van der Waals surface area contributed by atoms with Crippen molar-refractivity contribution < 1.29 is 50.5 Å². The summed E-state index contributed by atoms with van der Waals surface area (Å²) in [5, 5.41) is 6.12. The fourth-order valence-electron chi connectivity index (χ4n) is 5.51. The van der Waals surface area contributed by atoms with Crippen molar-refractivity contribution in [3.05, 3.63) is 116 Å². The molecule has 280 valence electrons. The Morgan fingerprint density at radius 3 is 2.02 bits per heavy atom. The van der Waals surface area contributed by atoms with Gasteiger partial charge in [0.2, 0.25) is 11.5 Å². The van der Waals surface area contributed by atoms with Crippen LogP contribution in [0.2, 0.25) is 0 Å². The molecule has 0 aliphatic carbocycles. The molecule has 0 radical (unpaired) electrons. The smallest absolute Gasteiger partial charge is 0.416 e. The molecule has 4 aromatic carbocycles. The molecule has 0 saturated carbocycles. The van der Waals surface area contributed by atoms with E-state index in [1.54, 1.807) is 37.4 Å². The van der Waals surface area contributed by atoms with E-state index in [0.29, 0.717) is 45.3 Å². The van der Waals surface area contributed by atoms with Gasteiger partial charge in [-0.3, -0.25) is 14.3 Å². The highest BCUT2D eigenvalue weighted by molar-refractivity contribution is 9.10. The summed E-state index contributed by atoms with van der Waals surface area (Å²) in [4.78, 5) is 25.9. The molecule has 0 unspecified atom stereocenters. The van der Waals surface area contributed by atoms with Crippen molar-refractivity contribution in [1.29, 1.82) is 0 Å². The minimum absolute atomic E-state index is 0.203. The van der Waals surface area contributed by atoms with Crippen LogP contribution in [0, 0.1) is 13.8 Å². The lowest BCUT2D eigenvalue weighted by atomic mass is 9.93. The number of para-hydroxylation sites is 1. The van der Waals surface area contributed by atoms with E-state index in [1.807, 2.05) is 19.9 Å². The van der Waals surface area contributed by atoms with Crippen molar-refractivity contribution in [3.63, 3.8) is 0 Å². The number of amides is 1. The Bertz CT molecular complexity index is 2120. The van der Waals surface area contributed by atoms with Crippen molar-refractivity contribution in [2.24, 2.45) is 7.05 Å². The number of carbonyl (C=O) groups is 2. The minimum Gasteiger partial charge on any atom is -0.496 e. The molecule has 0 saturated heterocycles. The number of ether oxygens (including phenoxy) is 4. The van der Waals surface area contributed by atoms with E-state index >= 15 is 0 Å². The summed E-state index contributed by atoms with van der Waals surface area (Å²) >= 11 is 3.47. The normalized spacial score (nSPS) is 11.1. The first-order valence-corrected chi connectivity index (χ1v) is 16.4. The molecule has 0 aliphatic rings. The Labute approximate surface area is 310 Å². The van der Waals surface area contributed by atoms with Gasteiger partial charge in [-0.1, -0.05) is 46.3 Å². The molecule has 9 nitrogen and oxygen atoms in total. The van der Waals surface area contributed by atoms with E-state index < -0.39 is 29.8 Å². The van der Waals surface area contributed by atoms with Gasteiger partial charge in [-0.2, -0.15) is 18.3 Å². The second-order valence-corrected chi connectivity index (χ2v) is 12.2. The molecule has 5 aromatic rings. The van der Waals surface area contributed by atoms with Crippen LogP contribution in [0.3, 0.4) is 0 Å². The molecule has 5 rings (SSSR count). The first-order chi connectivity index (χ1) is 25.1. The van der Waals surface area contributed by atoms with Crippen LogP contribution in [0.15, 0.2) is 77.4 Å². The zero-order chi connectivity index (χ0) is 39.2. The van der Waals surface area contributed by atoms with Crippen molar-refractivity contribution in [2.75, 3.05) is 33.8 Å². The van der Waals surface area contributed by atoms with Crippen LogP contribution < -0.4 is 24.3 Å². The van der Waals surface area contributed by atoms with Gasteiger partial charge in [-0.05, 0) is 66.9 Å². The number of hydrogen-bond acceptors (Lipinski definition) is 7. The number of rotatable bonds is 10. The molecule has 0 spiro atoms. The number of carbonyl (C=O) groups excluding carboxylic acids is 2.